The van der Waals surface area contributed by atoms with Gasteiger partial charge in [-0.3, -0.25) is 10.1 Å². The van der Waals surface area contributed by atoms with Crippen LogP contribution in [0, 0.1) is 5.92 Å². The molecule has 0 aliphatic carbocycles. The number of ether oxygens (including phenoxy) is 1. The van der Waals surface area contributed by atoms with Crippen molar-refractivity contribution in [2.45, 2.75) is 57.9 Å². The Morgan fingerprint density at radius 3 is 2.71 bits per heavy atom. The number of carboxylic acids is 1. The summed E-state index contributed by atoms with van der Waals surface area (Å²) in [6.07, 6.45) is 1.34. The molecule has 0 aromatic rings. The maximum Gasteiger partial charge on any atom is 0.320 e. The molecule has 17 heavy (non-hydrogen) atoms. The van der Waals surface area contributed by atoms with E-state index in [0.29, 0.717) is 19.4 Å². The van der Waals surface area contributed by atoms with Gasteiger partial charge >= 0.3 is 5.97 Å². The quantitative estimate of drug-likeness (QED) is 0.672. The lowest BCUT2D eigenvalue weighted by Crippen LogP contribution is -2.57. The summed E-state index contributed by atoms with van der Waals surface area (Å²) in [5.41, 5.74) is -0.997. The predicted octanol–water partition coefficient (Wildman–Crippen LogP) is 0.963. The smallest absolute Gasteiger partial charge is 0.320 e. The third-order valence-electron chi connectivity index (χ3n) is 3.03. The molecule has 5 heteroatoms. The highest BCUT2D eigenvalue weighted by atomic mass is 16.5. The van der Waals surface area contributed by atoms with Crippen LogP contribution in [0.1, 0.15) is 40.0 Å². The van der Waals surface area contributed by atoms with Crippen LogP contribution in [-0.4, -0.2) is 40.7 Å². The van der Waals surface area contributed by atoms with Crippen molar-refractivity contribution in [3.05, 3.63) is 0 Å². The predicted molar refractivity (Wildman–Crippen MR) is 63.6 cm³/mol. The van der Waals surface area contributed by atoms with Gasteiger partial charge in [0.25, 0.3) is 0 Å². The molecule has 0 aromatic carbocycles. The normalized spacial score (nSPS) is 31.5. The first-order valence-corrected chi connectivity index (χ1v) is 6.16. The molecule has 0 saturated carbocycles. The Morgan fingerprint density at radius 2 is 2.24 bits per heavy atom. The van der Waals surface area contributed by atoms with Crippen LogP contribution in [0.5, 0.6) is 0 Å². The van der Waals surface area contributed by atoms with Gasteiger partial charge < -0.3 is 14.9 Å². The van der Waals surface area contributed by atoms with Crippen molar-refractivity contribution < 1.29 is 19.7 Å². The van der Waals surface area contributed by atoms with Gasteiger partial charge in [0.1, 0.15) is 17.9 Å². The Balaban J connectivity index is 2.62. The Kier molecular flexibility index (Phi) is 4.91. The molecule has 1 fully saturated rings. The Bertz CT molecular complexity index is 265. The van der Waals surface area contributed by atoms with Gasteiger partial charge in [-0.15, -0.1) is 0 Å². The van der Waals surface area contributed by atoms with E-state index in [1.807, 2.05) is 13.8 Å². The lowest BCUT2D eigenvalue weighted by Gasteiger charge is -2.38. The fourth-order valence-corrected chi connectivity index (χ4v) is 2.06. The molecule has 1 heterocycles. The van der Waals surface area contributed by atoms with E-state index in [-0.39, 0.29) is 5.92 Å². The van der Waals surface area contributed by atoms with Gasteiger partial charge in [-0.2, -0.15) is 0 Å². The zero-order valence-electron chi connectivity index (χ0n) is 10.8. The maximum atomic E-state index is 11.1. The number of aliphatic carboxylic acids is 1. The van der Waals surface area contributed by atoms with Crippen molar-refractivity contribution in [3.63, 3.8) is 0 Å². The topological polar surface area (TPSA) is 78.8 Å². The van der Waals surface area contributed by atoms with Crippen LogP contribution in [0.2, 0.25) is 0 Å². The number of hydrogen-bond acceptors (Lipinski definition) is 4. The number of rotatable bonds is 5. The van der Waals surface area contributed by atoms with E-state index >= 15 is 0 Å². The summed E-state index contributed by atoms with van der Waals surface area (Å²) < 4.78 is 5.43. The average Bonchev–Trinajstić information content (AvgIpc) is 2.18. The summed E-state index contributed by atoms with van der Waals surface area (Å²) >= 11 is 0. The molecule has 1 aliphatic heterocycles. The minimum atomic E-state index is -0.997. The van der Waals surface area contributed by atoms with E-state index in [0.717, 1.165) is 6.42 Å². The van der Waals surface area contributed by atoms with Crippen LogP contribution in [-0.2, 0) is 9.53 Å². The number of carboxylic acid groups (broad SMARTS) is 1. The van der Waals surface area contributed by atoms with Gasteiger partial charge in [0.05, 0.1) is 0 Å². The zero-order valence-corrected chi connectivity index (χ0v) is 10.8. The molecule has 3 atom stereocenters. The maximum absolute atomic E-state index is 11.1. The van der Waals surface area contributed by atoms with Crippen LogP contribution in [0.4, 0.5) is 0 Å². The third kappa shape index (κ3) is 4.26. The molecular weight excluding hydrogens is 222 g/mol. The van der Waals surface area contributed by atoms with Gasteiger partial charge in [-0.25, -0.2) is 0 Å². The van der Waals surface area contributed by atoms with E-state index < -0.39 is 23.8 Å². The SMILES string of the molecule is CC(C)C[C@@H](N[C@H]1OCCC[C@]1(C)O)C(=O)O. The standard InChI is InChI=1S/C12H23NO4/c1-8(2)7-9(10(14)15)13-11-12(3,16)5-4-6-17-11/h8-9,11,13,16H,4-7H2,1-3H3,(H,14,15)/t9-,11+,12+/m1/s1. The second-order valence-corrected chi connectivity index (χ2v) is 5.40. The lowest BCUT2D eigenvalue weighted by atomic mass is 9.94. The van der Waals surface area contributed by atoms with Gasteiger partial charge in [0, 0.05) is 6.61 Å². The second-order valence-electron chi connectivity index (χ2n) is 5.40. The Hall–Kier alpha value is -0.650. The Labute approximate surface area is 102 Å². The summed E-state index contributed by atoms with van der Waals surface area (Å²) in [6.45, 7) is 6.18. The summed E-state index contributed by atoms with van der Waals surface area (Å²) in [6, 6.07) is -0.676. The van der Waals surface area contributed by atoms with E-state index in [1.54, 1.807) is 6.92 Å². The zero-order chi connectivity index (χ0) is 13.1. The van der Waals surface area contributed by atoms with Gasteiger partial charge in [-0.1, -0.05) is 13.8 Å². The molecule has 0 bridgehead atoms. The van der Waals surface area contributed by atoms with Crippen molar-refractivity contribution in [2.24, 2.45) is 5.92 Å². The summed E-state index contributed by atoms with van der Waals surface area (Å²) in [5, 5.41) is 22.1. The molecular formula is C12H23NO4. The third-order valence-corrected chi connectivity index (χ3v) is 3.03. The largest absolute Gasteiger partial charge is 0.480 e. The van der Waals surface area contributed by atoms with E-state index in [4.69, 9.17) is 9.84 Å². The number of aliphatic hydroxyl groups is 1. The van der Waals surface area contributed by atoms with Crippen molar-refractivity contribution >= 4 is 5.97 Å². The van der Waals surface area contributed by atoms with Gasteiger partial charge in [0.15, 0.2) is 0 Å². The molecule has 0 radical (unpaired) electrons. The highest BCUT2D eigenvalue weighted by molar-refractivity contribution is 5.73. The van der Waals surface area contributed by atoms with Gasteiger partial charge in [-0.05, 0) is 32.1 Å². The van der Waals surface area contributed by atoms with E-state index in [2.05, 4.69) is 5.32 Å². The fourth-order valence-electron chi connectivity index (χ4n) is 2.06. The molecule has 1 rings (SSSR count). The van der Waals surface area contributed by atoms with Crippen LogP contribution in [0.15, 0.2) is 0 Å². The first-order chi connectivity index (χ1) is 7.83. The molecule has 100 valence electrons. The van der Waals surface area contributed by atoms with Crippen molar-refractivity contribution in [1.29, 1.82) is 0 Å². The van der Waals surface area contributed by atoms with Crippen molar-refractivity contribution in [2.75, 3.05) is 6.61 Å². The summed E-state index contributed by atoms with van der Waals surface area (Å²) in [4.78, 5) is 11.1. The van der Waals surface area contributed by atoms with E-state index in [1.165, 1.54) is 0 Å². The molecule has 5 nitrogen and oxygen atoms in total. The minimum absolute atomic E-state index is 0.275. The molecule has 1 saturated heterocycles. The fraction of sp³-hybridized carbons (Fsp3) is 0.917. The number of hydrogen-bond donors (Lipinski definition) is 3. The highest BCUT2D eigenvalue weighted by Crippen LogP contribution is 2.24. The summed E-state index contributed by atoms with van der Waals surface area (Å²) in [7, 11) is 0. The first kappa shape index (κ1) is 14.4. The molecule has 0 amide bonds. The molecule has 0 spiro atoms. The monoisotopic (exact) mass is 245 g/mol. The molecule has 3 N–H and O–H groups in total. The first-order valence-electron chi connectivity index (χ1n) is 6.16. The number of carbonyl (C=O) groups is 1. The van der Waals surface area contributed by atoms with Crippen molar-refractivity contribution in [3.8, 4) is 0 Å². The van der Waals surface area contributed by atoms with Crippen LogP contribution < -0.4 is 5.32 Å². The molecule has 0 unspecified atom stereocenters. The van der Waals surface area contributed by atoms with E-state index in [9.17, 15) is 9.90 Å². The minimum Gasteiger partial charge on any atom is -0.480 e. The molecule has 0 aromatic heterocycles. The molecule has 1 aliphatic rings. The van der Waals surface area contributed by atoms with Crippen molar-refractivity contribution in [1.82, 2.24) is 5.32 Å². The lowest BCUT2D eigenvalue weighted by molar-refractivity contribution is -0.161. The number of nitrogens with one attached hydrogen (secondary N) is 1. The Morgan fingerprint density at radius 1 is 1.59 bits per heavy atom. The average molecular weight is 245 g/mol. The highest BCUT2D eigenvalue weighted by Gasteiger charge is 2.38. The second kappa shape index (κ2) is 5.80. The van der Waals surface area contributed by atoms with Crippen LogP contribution in [0.25, 0.3) is 0 Å². The van der Waals surface area contributed by atoms with Crippen LogP contribution in [0.3, 0.4) is 0 Å². The van der Waals surface area contributed by atoms with Gasteiger partial charge in [0.2, 0.25) is 0 Å². The van der Waals surface area contributed by atoms with Crippen LogP contribution >= 0.6 is 0 Å². The summed E-state index contributed by atoms with van der Waals surface area (Å²) in [5.74, 6) is -0.624.